The molecule has 0 unspecified atom stereocenters. The molecular weight excluding hydrogens is 330 g/mol. The number of Topliss-reactive ketones (excluding diaryl/α,β-unsaturated/α-hetero) is 1. The Morgan fingerprint density at radius 3 is 2.62 bits per heavy atom. The summed E-state index contributed by atoms with van der Waals surface area (Å²) in [6.45, 7) is 5.75. The van der Waals surface area contributed by atoms with Gasteiger partial charge in [-0.2, -0.15) is 0 Å². The minimum absolute atomic E-state index is 0.316. The molecule has 0 aliphatic carbocycles. The van der Waals surface area contributed by atoms with Crippen molar-refractivity contribution in [2.75, 3.05) is 0 Å². The molecule has 3 N–H and O–H groups in total. The molecule has 0 aromatic carbocycles. The third-order valence-electron chi connectivity index (χ3n) is 4.04. The zero-order valence-corrected chi connectivity index (χ0v) is 15.9. The molecule has 0 spiro atoms. The molecule has 0 bridgehead atoms. The molecule has 0 saturated heterocycles. The highest BCUT2D eigenvalue weighted by molar-refractivity contribution is 6.09. The molecule has 0 fully saturated rings. The lowest BCUT2D eigenvalue weighted by atomic mass is 10.0. The van der Waals surface area contributed by atoms with Crippen molar-refractivity contribution in [3.05, 3.63) is 63.4 Å². The van der Waals surface area contributed by atoms with E-state index < -0.39 is 11.4 Å². The number of aromatic hydroxyl groups is 1. The van der Waals surface area contributed by atoms with E-state index in [4.69, 9.17) is 10.2 Å². The molecule has 5 nitrogen and oxygen atoms in total. The summed E-state index contributed by atoms with van der Waals surface area (Å²) in [6, 6.07) is 1.34. The summed E-state index contributed by atoms with van der Waals surface area (Å²) >= 11 is 0. The Bertz CT molecular complexity index is 754. The lowest BCUT2D eigenvalue weighted by Gasteiger charge is -2.05. The molecular formula is C21H29NO4. The number of nitrogens with two attached hydrogens (primary N) is 1. The molecule has 5 heteroatoms. The number of hydrogen-bond donors (Lipinski definition) is 2. The van der Waals surface area contributed by atoms with E-state index in [2.05, 4.69) is 6.92 Å². The van der Waals surface area contributed by atoms with Gasteiger partial charge in [0.15, 0.2) is 5.78 Å². The second-order valence-electron chi connectivity index (χ2n) is 6.38. The fourth-order valence-corrected chi connectivity index (χ4v) is 2.43. The van der Waals surface area contributed by atoms with Gasteiger partial charge in [-0.1, -0.05) is 37.1 Å². The molecule has 1 heterocycles. The minimum atomic E-state index is -0.807. The third-order valence-corrected chi connectivity index (χ3v) is 4.04. The van der Waals surface area contributed by atoms with E-state index in [1.165, 1.54) is 12.3 Å². The topological polar surface area (TPSA) is 93.5 Å². The molecule has 0 aliphatic rings. The number of carbonyl (C=O) groups excluding carboxylic acids is 1. The number of aryl methyl sites for hydroxylation is 1. The highest BCUT2D eigenvalue weighted by Gasteiger charge is 2.20. The predicted molar refractivity (Wildman–Crippen MR) is 104 cm³/mol. The zero-order valence-electron chi connectivity index (χ0n) is 15.9. The molecule has 0 saturated carbocycles. The van der Waals surface area contributed by atoms with Crippen LogP contribution in [0.5, 0.6) is 5.75 Å². The highest BCUT2D eigenvalue weighted by Crippen LogP contribution is 2.20. The van der Waals surface area contributed by atoms with E-state index >= 15 is 0 Å². The summed E-state index contributed by atoms with van der Waals surface area (Å²) in [5.74, 6) is -0.505. The van der Waals surface area contributed by atoms with Crippen LogP contribution in [0, 0.1) is 0 Å². The molecule has 1 aromatic rings. The van der Waals surface area contributed by atoms with Crippen molar-refractivity contribution in [1.29, 1.82) is 0 Å². The smallest absolute Gasteiger partial charge is 0.351 e. The van der Waals surface area contributed by atoms with Crippen molar-refractivity contribution in [2.45, 2.75) is 59.3 Å². The Balaban J connectivity index is 2.93. The van der Waals surface area contributed by atoms with Gasteiger partial charge < -0.3 is 15.3 Å². The molecule has 26 heavy (non-hydrogen) atoms. The highest BCUT2D eigenvalue weighted by atomic mass is 16.4. The summed E-state index contributed by atoms with van der Waals surface area (Å²) < 4.78 is 5.19. The maximum Gasteiger partial charge on any atom is 0.351 e. The Hall–Kier alpha value is -2.56. The molecule has 0 aliphatic heterocycles. The van der Waals surface area contributed by atoms with Crippen LogP contribution in [0.3, 0.4) is 0 Å². The van der Waals surface area contributed by atoms with Crippen LogP contribution < -0.4 is 11.4 Å². The van der Waals surface area contributed by atoms with Crippen molar-refractivity contribution < 1.29 is 14.3 Å². The second-order valence-corrected chi connectivity index (χ2v) is 6.38. The number of hydrogen-bond acceptors (Lipinski definition) is 5. The largest absolute Gasteiger partial charge is 0.507 e. The van der Waals surface area contributed by atoms with Crippen molar-refractivity contribution in [3.63, 3.8) is 0 Å². The van der Waals surface area contributed by atoms with E-state index in [9.17, 15) is 14.7 Å². The van der Waals surface area contributed by atoms with Gasteiger partial charge in [-0.05, 0) is 51.3 Å². The van der Waals surface area contributed by atoms with Gasteiger partial charge in [-0.15, -0.1) is 0 Å². The van der Waals surface area contributed by atoms with Gasteiger partial charge in [0.05, 0.1) is 0 Å². The van der Waals surface area contributed by atoms with Crippen LogP contribution in [0.25, 0.3) is 0 Å². The number of unbranched alkanes of at least 4 members (excludes halogenated alkanes) is 2. The standard InChI is InChI=1S/C21H29NO4/c1-4-5-9-15(2)11-12-16(3)20(24)19-18(23)14-17(26-21(19)25)10-7-6-8-13-22/h8,11-14,23H,4-7,9-10,22H2,1-3H3/b13-8+,15-11-,16-12+. The van der Waals surface area contributed by atoms with E-state index in [1.807, 2.05) is 13.0 Å². The average Bonchev–Trinajstić information content (AvgIpc) is 2.60. The first-order valence-corrected chi connectivity index (χ1v) is 9.02. The van der Waals surface area contributed by atoms with Gasteiger partial charge in [-0.25, -0.2) is 4.79 Å². The molecule has 1 rings (SSSR count). The van der Waals surface area contributed by atoms with Crippen molar-refractivity contribution in [1.82, 2.24) is 0 Å². The van der Waals surface area contributed by atoms with Crippen LogP contribution in [0.4, 0.5) is 0 Å². The van der Waals surface area contributed by atoms with Gasteiger partial charge in [0, 0.05) is 12.5 Å². The van der Waals surface area contributed by atoms with E-state index in [-0.39, 0.29) is 11.3 Å². The zero-order chi connectivity index (χ0) is 19.5. The van der Waals surface area contributed by atoms with E-state index in [0.717, 1.165) is 37.7 Å². The first-order valence-electron chi connectivity index (χ1n) is 9.02. The first kappa shape index (κ1) is 21.5. The Morgan fingerprint density at radius 1 is 1.27 bits per heavy atom. The SMILES string of the molecule is CCCC/C(C)=C\C=C(/C)C(=O)c1c(O)cc(CCC/C=C/N)oc1=O. The predicted octanol–water partition coefficient (Wildman–Crippen LogP) is 4.41. The average molecular weight is 359 g/mol. The number of allylic oxidation sites excluding steroid dienone is 5. The molecule has 1 aromatic heterocycles. The molecule has 0 atom stereocenters. The maximum atomic E-state index is 12.5. The van der Waals surface area contributed by atoms with Crippen LogP contribution >= 0.6 is 0 Å². The van der Waals surface area contributed by atoms with Crippen molar-refractivity contribution >= 4 is 5.78 Å². The lowest BCUT2D eigenvalue weighted by molar-refractivity contribution is 0.102. The van der Waals surface area contributed by atoms with Gasteiger partial charge in [-0.3, -0.25) is 4.79 Å². The van der Waals surface area contributed by atoms with Crippen molar-refractivity contribution in [2.24, 2.45) is 5.73 Å². The Morgan fingerprint density at radius 2 is 2.00 bits per heavy atom. The van der Waals surface area contributed by atoms with Crippen LogP contribution in [0.1, 0.15) is 69.0 Å². The third kappa shape index (κ3) is 6.75. The fraction of sp³-hybridized carbons (Fsp3) is 0.429. The van der Waals surface area contributed by atoms with Gasteiger partial charge in [0.25, 0.3) is 0 Å². The van der Waals surface area contributed by atoms with Crippen LogP contribution in [0.15, 0.2) is 50.9 Å². The molecule has 0 amide bonds. The van der Waals surface area contributed by atoms with Gasteiger partial charge >= 0.3 is 5.63 Å². The number of carbonyl (C=O) groups is 1. The fourth-order valence-electron chi connectivity index (χ4n) is 2.43. The van der Waals surface area contributed by atoms with Crippen LogP contribution in [-0.4, -0.2) is 10.9 Å². The Labute approximate surface area is 154 Å². The van der Waals surface area contributed by atoms with Crippen LogP contribution in [0.2, 0.25) is 0 Å². The summed E-state index contributed by atoms with van der Waals surface area (Å²) in [4.78, 5) is 24.6. The number of rotatable bonds is 10. The summed E-state index contributed by atoms with van der Waals surface area (Å²) in [5, 5.41) is 10.1. The maximum absolute atomic E-state index is 12.5. The Kier molecular flexibility index (Phi) is 9.20. The molecule has 0 radical (unpaired) electrons. The monoisotopic (exact) mass is 359 g/mol. The van der Waals surface area contributed by atoms with E-state index in [1.54, 1.807) is 19.1 Å². The summed E-state index contributed by atoms with van der Waals surface area (Å²) in [7, 11) is 0. The van der Waals surface area contributed by atoms with Gasteiger partial charge in [0.1, 0.15) is 17.1 Å². The second kappa shape index (κ2) is 11.1. The first-order chi connectivity index (χ1) is 12.4. The molecule has 142 valence electrons. The quantitative estimate of drug-likeness (QED) is 0.279. The summed E-state index contributed by atoms with van der Waals surface area (Å²) in [5.41, 5.74) is 5.68. The lowest BCUT2D eigenvalue weighted by Crippen LogP contribution is -2.16. The van der Waals surface area contributed by atoms with E-state index in [0.29, 0.717) is 17.8 Å². The summed E-state index contributed by atoms with van der Waals surface area (Å²) in [6.07, 6.45) is 11.9. The number of ketones is 1. The van der Waals surface area contributed by atoms with Gasteiger partial charge in [0.2, 0.25) is 0 Å². The normalized spacial score (nSPS) is 12.7. The minimum Gasteiger partial charge on any atom is -0.507 e. The van der Waals surface area contributed by atoms with Crippen molar-refractivity contribution in [3.8, 4) is 5.75 Å². The van der Waals surface area contributed by atoms with Crippen LogP contribution in [-0.2, 0) is 6.42 Å².